The fourth-order valence-corrected chi connectivity index (χ4v) is 2.91. The fourth-order valence-electron chi connectivity index (χ4n) is 2.91. The van der Waals surface area contributed by atoms with Gasteiger partial charge in [-0.3, -0.25) is 13.9 Å². The molecule has 0 aliphatic carbocycles. The van der Waals surface area contributed by atoms with E-state index in [9.17, 15) is 14.9 Å². The van der Waals surface area contributed by atoms with Crippen molar-refractivity contribution in [3.63, 3.8) is 0 Å². The third-order valence-electron chi connectivity index (χ3n) is 4.30. The molecule has 2 N–H and O–H groups in total. The highest BCUT2D eigenvalue weighted by Gasteiger charge is 2.14. The van der Waals surface area contributed by atoms with Gasteiger partial charge in [0.25, 0.3) is 5.56 Å². The van der Waals surface area contributed by atoms with Crippen LogP contribution in [0.5, 0.6) is 0 Å². The summed E-state index contributed by atoms with van der Waals surface area (Å²) in [5, 5.41) is 17.9. The van der Waals surface area contributed by atoms with Crippen LogP contribution in [0.3, 0.4) is 0 Å². The predicted molar refractivity (Wildman–Crippen MR) is 103 cm³/mol. The molecule has 7 nitrogen and oxygen atoms in total. The summed E-state index contributed by atoms with van der Waals surface area (Å²) in [5.41, 5.74) is -0.137. The molecular formula is C19H19N5O2. The van der Waals surface area contributed by atoms with Crippen LogP contribution in [-0.2, 0) is 14.1 Å². The number of nitrogens with one attached hydrogen (secondary N) is 2. The summed E-state index contributed by atoms with van der Waals surface area (Å²) < 4.78 is 2.20. The van der Waals surface area contributed by atoms with Crippen molar-refractivity contribution in [2.45, 2.75) is 0 Å². The van der Waals surface area contributed by atoms with Gasteiger partial charge in [-0.15, -0.1) is 0 Å². The second-order valence-corrected chi connectivity index (χ2v) is 5.92. The Balaban J connectivity index is 1.76. The Labute approximate surface area is 150 Å². The molecule has 1 heterocycles. The topological polar surface area (TPSA) is 91.8 Å². The maximum atomic E-state index is 12.1. The van der Waals surface area contributed by atoms with Gasteiger partial charge in [0.05, 0.1) is 0 Å². The van der Waals surface area contributed by atoms with Gasteiger partial charge in [0.1, 0.15) is 11.9 Å². The molecule has 0 amide bonds. The molecule has 0 atom stereocenters. The number of fused-ring (bicyclic) bond motifs is 1. The van der Waals surface area contributed by atoms with Crippen molar-refractivity contribution in [2.75, 3.05) is 23.7 Å². The first-order chi connectivity index (χ1) is 12.5. The number of hydrogen-bond acceptors (Lipinski definition) is 5. The molecule has 0 saturated carbocycles. The van der Waals surface area contributed by atoms with Gasteiger partial charge in [-0.05, 0) is 11.5 Å². The van der Waals surface area contributed by atoms with E-state index in [2.05, 4.69) is 10.6 Å². The second kappa shape index (κ2) is 7.15. The molecule has 3 aromatic rings. The minimum atomic E-state index is -0.597. The molecule has 2 aromatic carbocycles. The number of hydrogen-bond donors (Lipinski definition) is 2. The first kappa shape index (κ1) is 17.3. The van der Waals surface area contributed by atoms with Crippen LogP contribution in [0.1, 0.15) is 5.56 Å². The molecule has 26 heavy (non-hydrogen) atoms. The van der Waals surface area contributed by atoms with Gasteiger partial charge in [-0.1, -0.05) is 36.4 Å². The summed E-state index contributed by atoms with van der Waals surface area (Å²) in [5.74, 6) is 0.236. The van der Waals surface area contributed by atoms with Gasteiger partial charge in [-0.2, -0.15) is 5.26 Å². The molecule has 132 valence electrons. The van der Waals surface area contributed by atoms with Gasteiger partial charge in [0.15, 0.2) is 5.56 Å². The lowest BCUT2D eigenvalue weighted by Crippen LogP contribution is -2.40. The lowest BCUT2D eigenvalue weighted by Gasteiger charge is -2.15. The van der Waals surface area contributed by atoms with Crippen LogP contribution in [0.15, 0.2) is 52.1 Å². The number of nitrogens with zero attached hydrogens (tertiary/aromatic N) is 3. The van der Waals surface area contributed by atoms with Crippen LogP contribution < -0.4 is 21.9 Å². The zero-order chi connectivity index (χ0) is 18.7. The number of nitriles is 1. The summed E-state index contributed by atoms with van der Waals surface area (Å²) in [6.07, 6.45) is 0. The van der Waals surface area contributed by atoms with E-state index in [0.29, 0.717) is 13.1 Å². The quantitative estimate of drug-likeness (QED) is 0.683. The largest absolute Gasteiger partial charge is 0.383 e. The maximum Gasteiger partial charge on any atom is 0.332 e. The Morgan fingerprint density at radius 1 is 0.962 bits per heavy atom. The number of anilines is 2. The highest BCUT2D eigenvalue weighted by atomic mass is 16.2. The Kier molecular flexibility index (Phi) is 4.76. The summed E-state index contributed by atoms with van der Waals surface area (Å²) in [4.78, 5) is 24.1. The van der Waals surface area contributed by atoms with Crippen LogP contribution >= 0.6 is 0 Å². The Morgan fingerprint density at radius 2 is 1.65 bits per heavy atom. The van der Waals surface area contributed by atoms with Crippen molar-refractivity contribution in [2.24, 2.45) is 14.1 Å². The van der Waals surface area contributed by atoms with E-state index in [0.717, 1.165) is 21.0 Å². The van der Waals surface area contributed by atoms with E-state index in [1.165, 1.54) is 18.7 Å². The number of aromatic nitrogens is 2. The summed E-state index contributed by atoms with van der Waals surface area (Å²) in [6, 6.07) is 16.0. The molecule has 0 spiro atoms. The van der Waals surface area contributed by atoms with Crippen LogP contribution in [-0.4, -0.2) is 22.2 Å². The van der Waals surface area contributed by atoms with Gasteiger partial charge in [0.2, 0.25) is 0 Å². The van der Waals surface area contributed by atoms with Crippen molar-refractivity contribution in [3.8, 4) is 6.07 Å². The van der Waals surface area contributed by atoms with Crippen molar-refractivity contribution in [3.05, 3.63) is 68.9 Å². The summed E-state index contributed by atoms with van der Waals surface area (Å²) >= 11 is 0. The standard InChI is InChI=1S/C19H19N5O2/c1-23-17(15(12-20)18(25)24(2)19(23)26)22-11-10-21-16-9-5-7-13-6-3-4-8-14(13)16/h3-9,21-22H,10-11H2,1-2H3. The Hall–Kier alpha value is -3.53. The zero-order valence-electron chi connectivity index (χ0n) is 14.6. The minimum absolute atomic E-state index is 0.0697. The van der Waals surface area contributed by atoms with E-state index >= 15 is 0 Å². The minimum Gasteiger partial charge on any atom is -0.383 e. The molecule has 0 unspecified atom stereocenters. The fraction of sp³-hybridized carbons (Fsp3) is 0.211. The second-order valence-electron chi connectivity index (χ2n) is 5.92. The van der Waals surface area contributed by atoms with Gasteiger partial charge in [-0.25, -0.2) is 4.79 Å². The lowest BCUT2D eigenvalue weighted by atomic mass is 10.1. The molecule has 0 aliphatic heterocycles. The van der Waals surface area contributed by atoms with Crippen molar-refractivity contribution in [1.29, 1.82) is 5.26 Å². The SMILES string of the molecule is Cn1c(NCCNc2cccc3ccccc23)c(C#N)c(=O)n(C)c1=O. The monoisotopic (exact) mass is 349 g/mol. The van der Waals surface area contributed by atoms with Crippen LogP contribution in [0, 0.1) is 11.3 Å². The van der Waals surface area contributed by atoms with Gasteiger partial charge in [0, 0.05) is 38.3 Å². The maximum absolute atomic E-state index is 12.1. The van der Waals surface area contributed by atoms with Gasteiger partial charge >= 0.3 is 5.69 Å². The Bertz CT molecular complexity index is 1120. The molecular weight excluding hydrogens is 330 g/mol. The van der Waals surface area contributed by atoms with E-state index < -0.39 is 11.2 Å². The molecule has 0 saturated heterocycles. The average molecular weight is 349 g/mol. The Morgan fingerprint density at radius 3 is 2.42 bits per heavy atom. The zero-order valence-corrected chi connectivity index (χ0v) is 14.6. The van der Waals surface area contributed by atoms with Crippen LogP contribution in [0.25, 0.3) is 10.8 Å². The molecule has 0 bridgehead atoms. The molecule has 0 fully saturated rings. The van der Waals surface area contributed by atoms with Crippen molar-refractivity contribution < 1.29 is 0 Å². The average Bonchev–Trinajstić information content (AvgIpc) is 2.67. The predicted octanol–water partition coefficient (Wildman–Crippen LogP) is 1.63. The summed E-state index contributed by atoms with van der Waals surface area (Å²) in [6.45, 7) is 1.00. The molecule has 0 aliphatic rings. The van der Waals surface area contributed by atoms with Crippen molar-refractivity contribution in [1.82, 2.24) is 9.13 Å². The highest BCUT2D eigenvalue weighted by molar-refractivity contribution is 5.93. The van der Waals surface area contributed by atoms with Crippen LogP contribution in [0.4, 0.5) is 11.5 Å². The van der Waals surface area contributed by atoms with E-state index in [1.807, 2.05) is 48.5 Å². The third-order valence-corrected chi connectivity index (χ3v) is 4.30. The van der Waals surface area contributed by atoms with Gasteiger partial charge < -0.3 is 10.6 Å². The normalized spacial score (nSPS) is 10.5. The molecule has 0 radical (unpaired) electrons. The molecule has 7 heteroatoms. The van der Waals surface area contributed by atoms with E-state index in [4.69, 9.17) is 0 Å². The smallest absolute Gasteiger partial charge is 0.332 e. The van der Waals surface area contributed by atoms with Crippen LogP contribution in [0.2, 0.25) is 0 Å². The third kappa shape index (κ3) is 3.05. The van der Waals surface area contributed by atoms with Crippen molar-refractivity contribution >= 4 is 22.3 Å². The first-order valence-electron chi connectivity index (χ1n) is 8.20. The first-order valence-corrected chi connectivity index (χ1v) is 8.20. The lowest BCUT2D eigenvalue weighted by molar-refractivity contribution is 0.685. The molecule has 1 aromatic heterocycles. The summed E-state index contributed by atoms with van der Waals surface area (Å²) in [7, 11) is 2.89. The highest BCUT2D eigenvalue weighted by Crippen LogP contribution is 2.22. The number of benzene rings is 2. The molecule has 3 rings (SSSR count). The van der Waals surface area contributed by atoms with E-state index in [-0.39, 0.29) is 11.4 Å². The van der Waals surface area contributed by atoms with E-state index in [1.54, 1.807) is 0 Å². The number of rotatable bonds is 5.